The standard InChI is InChI=1S/C16H17ClN2O4/c1-8(2)13-14(10-7-11(16(20)21)19-18-10)9(17)6-12-15(13)23-5-3-4-22-12/h6-8H,3-5H2,1-2H3,(H,18,19)(H,20,21). The van der Waals surface area contributed by atoms with Crippen LogP contribution in [0.4, 0.5) is 0 Å². The summed E-state index contributed by atoms with van der Waals surface area (Å²) in [5.74, 6) is 0.315. The number of halogens is 1. The van der Waals surface area contributed by atoms with Crippen molar-refractivity contribution < 1.29 is 19.4 Å². The minimum absolute atomic E-state index is 0.0119. The number of aromatic amines is 1. The molecule has 0 saturated carbocycles. The van der Waals surface area contributed by atoms with Crippen molar-refractivity contribution in [3.05, 3.63) is 28.4 Å². The number of nitrogens with one attached hydrogen (secondary N) is 1. The molecule has 0 saturated heterocycles. The van der Waals surface area contributed by atoms with Crippen molar-refractivity contribution in [2.24, 2.45) is 0 Å². The summed E-state index contributed by atoms with van der Waals surface area (Å²) < 4.78 is 11.6. The zero-order valence-corrected chi connectivity index (χ0v) is 13.6. The van der Waals surface area contributed by atoms with Crippen LogP contribution in [0.3, 0.4) is 0 Å². The zero-order chi connectivity index (χ0) is 16.6. The largest absolute Gasteiger partial charge is 0.489 e. The fraction of sp³-hybridized carbons (Fsp3) is 0.375. The Morgan fingerprint density at radius 2 is 2.09 bits per heavy atom. The third-order valence-electron chi connectivity index (χ3n) is 3.67. The maximum Gasteiger partial charge on any atom is 0.353 e. The molecular weight excluding hydrogens is 320 g/mol. The van der Waals surface area contributed by atoms with Gasteiger partial charge in [-0.1, -0.05) is 25.4 Å². The van der Waals surface area contributed by atoms with E-state index in [-0.39, 0.29) is 11.6 Å². The van der Waals surface area contributed by atoms with Gasteiger partial charge in [0.05, 0.1) is 23.9 Å². The molecule has 2 heterocycles. The van der Waals surface area contributed by atoms with E-state index in [1.54, 1.807) is 6.07 Å². The molecule has 7 heteroatoms. The quantitative estimate of drug-likeness (QED) is 0.892. The number of carbonyl (C=O) groups is 1. The molecule has 6 nitrogen and oxygen atoms in total. The number of hydrogen-bond donors (Lipinski definition) is 2. The van der Waals surface area contributed by atoms with Gasteiger partial charge in [-0.05, 0) is 12.0 Å². The number of H-pyrrole nitrogens is 1. The van der Waals surface area contributed by atoms with Gasteiger partial charge in [-0.15, -0.1) is 0 Å². The summed E-state index contributed by atoms with van der Waals surface area (Å²) in [5, 5.41) is 16.1. The zero-order valence-electron chi connectivity index (χ0n) is 12.9. The molecule has 122 valence electrons. The van der Waals surface area contributed by atoms with Crippen LogP contribution in [-0.2, 0) is 0 Å². The molecule has 3 rings (SSSR count). The first-order valence-electron chi connectivity index (χ1n) is 7.40. The first-order valence-corrected chi connectivity index (χ1v) is 7.78. The van der Waals surface area contributed by atoms with Gasteiger partial charge in [0, 0.05) is 23.6 Å². The summed E-state index contributed by atoms with van der Waals surface area (Å²) in [6.45, 7) is 5.18. The highest BCUT2D eigenvalue weighted by molar-refractivity contribution is 6.33. The summed E-state index contributed by atoms with van der Waals surface area (Å²) >= 11 is 6.45. The van der Waals surface area contributed by atoms with Gasteiger partial charge in [-0.25, -0.2) is 4.79 Å². The molecule has 1 aromatic heterocycles. The first kappa shape index (κ1) is 15.7. The molecule has 2 N–H and O–H groups in total. The van der Waals surface area contributed by atoms with Crippen LogP contribution in [0.5, 0.6) is 11.5 Å². The summed E-state index contributed by atoms with van der Waals surface area (Å²) in [6, 6.07) is 3.18. The van der Waals surface area contributed by atoms with Crippen molar-refractivity contribution in [2.45, 2.75) is 26.2 Å². The van der Waals surface area contributed by atoms with Gasteiger partial charge < -0.3 is 14.6 Å². The predicted octanol–water partition coefficient (Wildman–Crippen LogP) is 3.71. The maximum absolute atomic E-state index is 11.1. The average Bonchev–Trinajstić information content (AvgIpc) is 2.86. The number of rotatable bonds is 3. The van der Waals surface area contributed by atoms with Crippen LogP contribution in [0.15, 0.2) is 12.1 Å². The van der Waals surface area contributed by atoms with E-state index in [1.807, 2.05) is 13.8 Å². The predicted molar refractivity (Wildman–Crippen MR) is 85.7 cm³/mol. The fourth-order valence-corrected chi connectivity index (χ4v) is 2.97. The van der Waals surface area contributed by atoms with Gasteiger partial charge >= 0.3 is 5.97 Å². The minimum Gasteiger partial charge on any atom is -0.489 e. The van der Waals surface area contributed by atoms with Crippen molar-refractivity contribution in [3.8, 4) is 22.8 Å². The summed E-state index contributed by atoms with van der Waals surface area (Å²) in [6.07, 6.45) is 0.796. The van der Waals surface area contributed by atoms with Crippen LogP contribution >= 0.6 is 11.6 Å². The number of carboxylic acids is 1. The lowest BCUT2D eigenvalue weighted by Crippen LogP contribution is -2.02. The normalized spacial score (nSPS) is 13.9. The molecule has 0 bridgehead atoms. The van der Waals surface area contributed by atoms with Crippen molar-refractivity contribution in [1.82, 2.24) is 10.2 Å². The Kier molecular flexibility index (Phi) is 4.17. The second-order valence-electron chi connectivity index (χ2n) is 5.65. The van der Waals surface area contributed by atoms with Crippen LogP contribution < -0.4 is 9.47 Å². The fourth-order valence-electron chi connectivity index (χ4n) is 2.67. The van der Waals surface area contributed by atoms with E-state index in [4.69, 9.17) is 26.2 Å². The number of benzene rings is 1. The van der Waals surface area contributed by atoms with E-state index < -0.39 is 5.97 Å². The molecule has 0 spiro atoms. The Bertz CT molecular complexity index is 755. The van der Waals surface area contributed by atoms with E-state index in [0.717, 1.165) is 12.0 Å². The minimum atomic E-state index is -1.07. The molecule has 0 amide bonds. The van der Waals surface area contributed by atoms with Gasteiger partial charge in [-0.3, -0.25) is 5.10 Å². The Hall–Kier alpha value is -2.21. The third kappa shape index (κ3) is 2.86. The van der Waals surface area contributed by atoms with E-state index in [0.29, 0.717) is 41.0 Å². The van der Waals surface area contributed by atoms with Crippen LogP contribution in [0.25, 0.3) is 11.3 Å². The average molecular weight is 337 g/mol. The number of nitrogens with zero attached hydrogens (tertiary/aromatic N) is 1. The second kappa shape index (κ2) is 6.12. The Labute approximate surface area is 138 Å². The Morgan fingerprint density at radius 1 is 1.35 bits per heavy atom. The second-order valence-corrected chi connectivity index (χ2v) is 6.06. The summed E-state index contributed by atoms with van der Waals surface area (Å²) in [5.41, 5.74) is 2.04. The number of aromatic nitrogens is 2. The SMILES string of the molecule is CC(C)c1c2c(cc(Cl)c1-c1cc(C(=O)O)[nH]n1)OCCCO2. The molecule has 0 radical (unpaired) electrons. The third-order valence-corrected chi connectivity index (χ3v) is 3.97. The molecule has 2 aromatic rings. The number of hydrogen-bond acceptors (Lipinski definition) is 4. The van der Waals surface area contributed by atoms with E-state index in [1.165, 1.54) is 6.07 Å². The van der Waals surface area contributed by atoms with Crippen LogP contribution in [-0.4, -0.2) is 34.5 Å². The van der Waals surface area contributed by atoms with E-state index >= 15 is 0 Å². The van der Waals surface area contributed by atoms with Crippen molar-refractivity contribution in [3.63, 3.8) is 0 Å². The van der Waals surface area contributed by atoms with E-state index in [2.05, 4.69) is 10.2 Å². The number of ether oxygens (including phenoxy) is 2. The summed E-state index contributed by atoms with van der Waals surface area (Å²) in [4.78, 5) is 11.1. The Morgan fingerprint density at radius 3 is 2.74 bits per heavy atom. The number of fused-ring (bicyclic) bond motifs is 1. The lowest BCUT2D eigenvalue weighted by molar-refractivity contribution is 0.0690. The van der Waals surface area contributed by atoms with E-state index in [9.17, 15) is 4.79 Å². The topological polar surface area (TPSA) is 84.4 Å². The van der Waals surface area contributed by atoms with Gasteiger partial charge in [-0.2, -0.15) is 5.10 Å². The molecule has 0 fully saturated rings. The molecule has 0 unspecified atom stereocenters. The molecule has 1 aromatic carbocycles. The molecular formula is C16H17ClN2O4. The highest BCUT2D eigenvalue weighted by Gasteiger charge is 2.26. The van der Waals surface area contributed by atoms with Gasteiger partial charge in [0.25, 0.3) is 0 Å². The van der Waals surface area contributed by atoms with Gasteiger partial charge in [0.2, 0.25) is 0 Å². The Balaban J connectivity index is 2.22. The van der Waals surface area contributed by atoms with Crippen LogP contribution in [0, 0.1) is 0 Å². The van der Waals surface area contributed by atoms with Crippen molar-refractivity contribution in [1.29, 1.82) is 0 Å². The monoisotopic (exact) mass is 336 g/mol. The number of carboxylic acid groups (broad SMARTS) is 1. The molecule has 0 atom stereocenters. The van der Waals surface area contributed by atoms with Crippen molar-refractivity contribution in [2.75, 3.05) is 13.2 Å². The number of aromatic carboxylic acids is 1. The van der Waals surface area contributed by atoms with Crippen LogP contribution in [0.2, 0.25) is 5.02 Å². The first-order chi connectivity index (χ1) is 11.0. The molecule has 23 heavy (non-hydrogen) atoms. The maximum atomic E-state index is 11.1. The lowest BCUT2D eigenvalue weighted by Gasteiger charge is -2.20. The molecule has 1 aliphatic rings. The van der Waals surface area contributed by atoms with Gasteiger partial charge in [0.15, 0.2) is 11.5 Å². The van der Waals surface area contributed by atoms with Crippen molar-refractivity contribution >= 4 is 17.6 Å². The molecule has 0 aliphatic carbocycles. The van der Waals surface area contributed by atoms with Gasteiger partial charge in [0.1, 0.15) is 5.69 Å². The smallest absolute Gasteiger partial charge is 0.353 e. The summed E-state index contributed by atoms with van der Waals surface area (Å²) in [7, 11) is 0. The highest BCUT2D eigenvalue weighted by atomic mass is 35.5. The lowest BCUT2D eigenvalue weighted by atomic mass is 9.93. The van der Waals surface area contributed by atoms with Crippen LogP contribution in [0.1, 0.15) is 42.2 Å². The highest BCUT2D eigenvalue weighted by Crippen LogP contribution is 2.47. The molecule has 1 aliphatic heterocycles.